The second-order valence-corrected chi connectivity index (χ2v) is 5.95. The topological polar surface area (TPSA) is 73.2 Å². The zero-order valence-corrected chi connectivity index (χ0v) is 15.1. The Morgan fingerprint density at radius 1 is 1.04 bits per heavy atom. The van der Waals surface area contributed by atoms with Gasteiger partial charge in [0.1, 0.15) is 5.75 Å². The van der Waals surface area contributed by atoms with Gasteiger partial charge in [-0.1, -0.05) is 0 Å². The molecule has 27 heavy (non-hydrogen) atoms. The van der Waals surface area contributed by atoms with Gasteiger partial charge in [0.25, 0.3) is 0 Å². The van der Waals surface area contributed by atoms with Gasteiger partial charge in [0.2, 0.25) is 5.91 Å². The van der Waals surface area contributed by atoms with Crippen LogP contribution in [-0.2, 0) is 4.79 Å². The van der Waals surface area contributed by atoms with Crippen molar-refractivity contribution in [1.29, 1.82) is 0 Å². The van der Waals surface area contributed by atoms with Gasteiger partial charge in [-0.3, -0.25) is 9.59 Å². The van der Waals surface area contributed by atoms with Crippen LogP contribution < -0.4 is 10.1 Å². The molecule has 6 nitrogen and oxygen atoms in total. The third-order valence-electron chi connectivity index (χ3n) is 4.02. The lowest BCUT2D eigenvalue weighted by Crippen LogP contribution is -2.13. The zero-order valence-electron chi connectivity index (χ0n) is 15.1. The molecule has 0 aliphatic carbocycles. The molecular weight excluding hydrogens is 342 g/mol. The lowest BCUT2D eigenvalue weighted by Gasteiger charge is -2.07. The van der Waals surface area contributed by atoms with Crippen molar-refractivity contribution in [1.82, 2.24) is 9.55 Å². The highest BCUT2D eigenvalue weighted by Gasteiger charge is 2.10. The smallest absolute Gasteiger partial charge is 0.224 e. The maximum Gasteiger partial charge on any atom is 0.224 e. The van der Waals surface area contributed by atoms with Gasteiger partial charge in [0.05, 0.1) is 12.9 Å². The molecule has 1 heterocycles. The predicted octanol–water partition coefficient (Wildman–Crippen LogP) is 3.87. The van der Waals surface area contributed by atoms with Crippen molar-refractivity contribution in [3.63, 3.8) is 0 Å². The molecule has 0 aliphatic heterocycles. The minimum Gasteiger partial charge on any atom is -0.494 e. The summed E-state index contributed by atoms with van der Waals surface area (Å²) in [6, 6.07) is 14.4. The van der Waals surface area contributed by atoms with Gasteiger partial charge in [0, 0.05) is 42.2 Å². The molecule has 2 aromatic carbocycles. The number of carbonyl (C=O) groups is 2. The first-order chi connectivity index (χ1) is 13.2. The van der Waals surface area contributed by atoms with Crippen LogP contribution in [0.25, 0.3) is 5.69 Å². The number of amides is 1. The number of carbonyl (C=O) groups excluding carboxylic acids is 2. The Balaban J connectivity index is 1.49. The molecule has 1 N–H and O–H groups in total. The highest BCUT2D eigenvalue weighted by atomic mass is 16.5. The summed E-state index contributed by atoms with van der Waals surface area (Å²) in [6.07, 6.45) is 5.56. The van der Waals surface area contributed by atoms with Crippen molar-refractivity contribution in [2.45, 2.75) is 19.8 Å². The van der Waals surface area contributed by atoms with Crippen molar-refractivity contribution < 1.29 is 14.3 Å². The molecule has 0 spiro atoms. The van der Waals surface area contributed by atoms with Gasteiger partial charge in [-0.05, 0) is 55.5 Å². The van der Waals surface area contributed by atoms with Crippen LogP contribution in [0, 0.1) is 0 Å². The van der Waals surface area contributed by atoms with Crippen molar-refractivity contribution in [3.05, 3.63) is 72.8 Å². The summed E-state index contributed by atoms with van der Waals surface area (Å²) in [5, 5.41) is 2.81. The molecule has 0 aliphatic rings. The highest BCUT2D eigenvalue weighted by molar-refractivity contribution is 6.00. The summed E-state index contributed by atoms with van der Waals surface area (Å²) in [7, 11) is 0. The average molecular weight is 363 g/mol. The average Bonchev–Trinajstić information content (AvgIpc) is 3.22. The second-order valence-electron chi connectivity index (χ2n) is 5.95. The van der Waals surface area contributed by atoms with Gasteiger partial charge >= 0.3 is 0 Å². The van der Waals surface area contributed by atoms with Crippen LogP contribution in [0.5, 0.6) is 5.75 Å². The van der Waals surface area contributed by atoms with Gasteiger partial charge in [-0.15, -0.1) is 0 Å². The molecule has 0 radical (unpaired) electrons. The van der Waals surface area contributed by atoms with E-state index < -0.39 is 0 Å². The molecule has 0 fully saturated rings. The van der Waals surface area contributed by atoms with E-state index >= 15 is 0 Å². The Morgan fingerprint density at radius 3 is 2.41 bits per heavy atom. The number of aromatic nitrogens is 2. The fourth-order valence-corrected chi connectivity index (χ4v) is 2.63. The molecule has 3 aromatic rings. The number of hydrogen-bond acceptors (Lipinski definition) is 4. The molecule has 0 unspecified atom stereocenters. The van der Waals surface area contributed by atoms with E-state index in [-0.39, 0.29) is 24.5 Å². The van der Waals surface area contributed by atoms with Crippen LogP contribution in [0.3, 0.4) is 0 Å². The molecule has 1 aromatic heterocycles. The normalized spacial score (nSPS) is 10.4. The van der Waals surface area contributed by atoms with E-state index in [1.165, 1.54) is 0 Å². The van der Waals surface area contributed by atoms with Gasteiger partial charge in [-0.25, -0.2) is 4.98 Å². The van der Waals surface area contributed by atoms with Crippen LogP contribution in [0.15, 0.2) is 67.3 Å². The van der Waals surface area contributed by atoms with Crippen LogP contribution in [-0.4, -0.2) is 27.8 Å². The third-order valence-corrected chi connectivity index (χ3v) is 4.02. The summed E-state index contributed by atoms with van der Waals surface area (Å²) in [6.45, 7) is 2.49. The number of benzene rings is 2. The fourth-order valence-electron chi connectivity index (χ4n) is 2.63. The number of rotatable bonds is 8. The highest BCUT2D eigenvalue weighted by Crippen LogP contribution is 2.16. The monoisotopic (exact) mass is 363 g/mol. The number of anilines is 1. The summed E-state index contributed by atoms with van der Waals surface area (Å²) in [5.74, 6) is 0.472. The Bertz CT molecular complexity index is 885. The lowest BCUT2D eigenvalue weighted by molar-refractivity contribution is -0.116. The Morgan fingerprint density at radius 2 is 1.78 bits per heavy atom. The van der Waals surface area contributed by atoms with Crippen LogP contribution >= 0.6 is 0 Å². The molecule has 6 heteroatoms. The molecule has 0 atom stereocenters. The number of ketones is 1. The fraction of sp³-hybridized carbons (Fsp3) is 0.190. The molecule has 0 bridgehead atoms. The minimum absolute atomic E-state index is 0.0661. The van der Waals surface area contributed by atoms with E-state index in [0.29, 0.717) is 17.9 Å². The SMILES string of the molecule is CCOc1ccc(C(=O)CCC(=O)Nc2ccc(-n3ccnc3)cc2)cc1. The molecule has 0 saturated heterocycles. The molecular formula is C21H21N3O3. The first-order valence-corrected chi connectivity index (χ1v) is 8.80. The molecule has 138 valence electrons. The summed E-state index contributed by atoms with van der Waals surface area (Å²) < 4.78 is 7.23. The Kier molecular flexibility index (Phi) is 5.99. The lowest BCUT2D eigenvalue weighted by atomic mass is 10.1. The van der Waals surface area contributed by atoms with E-state index in [1.54, 1.807) is 36.8 Å². The van der Waals surface area contributed by atoms with Gasteiger partial charge < -0.3 is 14.6 Å². The van der Waals surface area contributed by atoms with E-state index in [2.05, 4.69) is 10.3 Å². The van der Waals surface area contributed by atoms with Crippen LogP contribution in [0.4, 0.5) is 5.69 Å². The number of hydrogen-bond donors (Lipinski definition) is 1. The Labute approximate surface area is 157 Å². The van der Waals surface area contributed by atoms with E-state index in [9.17, 15) is 9.59 Å². The molecule has 1 amide bonds. The van der Waals surface area contributed by atoms with Crippen molar-refractivity contribution in [3.8, 4) is 11.4 Å². The Hall–Kier alpha value is -3.41. The molecule has 3 rings (SSSR count). The van der Waals surface area contributed by atoms with Gasteiger partial charge in [-0.2, -0.15) is 0 Å². The van der Waals surface area contributed by atoms with Crippen molar-refractivity contribution >= 4 is 17.4 Å². The number of imidazole rings is 1. The number of ether oxygens (including phenoxy) is 1. The number of nitrogens with zero attached hydrogens (tertiary/aromatic N) is 2. The first-order valence-electron chi connectivity index (χ1n) is 8.80. The quantitative estimate of drug-likeness (QED) is 0.617. The maximum absolute atomic E-state index is 12.2. The van der Waals surface area contributed by atoms with E-state index in [0.717, 1.165) is 11.4 Å². The summed E-state index contributed by atoms with van der Waals surface area (Å²) in [5.41, 5.74) is 2.23. The van der Waals surface area contributed by atoms with Crippen LogP contribution in [0.2, 0.25) is 0 Å². The second kappa shape index (κ2) is 8.80. The largest absolute Gasteiger partial charge is 0.494 e. The molecule has 0 saturated carbocycles. The zero-order chi connectivity index (χ0) is 19.1. The first kappa shape index (κ1) is 18.4. The summed E-state index contributed by atoms with van der Waals surface area (Å²) >= 11 is 0. The maximum atomic E-state index is 12.2. The summed E-state index contributed by atoms with van der Waals surface area (Å²) in [4.78, 5) is 28.3. The minimum atomic E-state index is -0.190. The number of nitrogens with one attached hydrogen (secondary N) is 1. The van der Waals surface area contributed by atoms with Crippen molar-refractivity contribution in [2.24, 2.45) is 0 Å². The third kappa shape index (κ3) is 5.04. The predicted molar refractivity (Wildman–Crippen MR) is 103 cm³/mol. The number of Topliss-reactive ketones (excluding diaryl/α,β-unsaturated/α-hetero) is 1. The van der Waals surface area contributed by atoms with Gasteiger partial charge in [0.15, 0.2) is 5.78 Å². The van der Waals surface area contributed by atoms with Crippen LogP contribution in [0.1, 0.15) is 30.1 Å². The van der Waals surface area contributed by atoms with E-state index in [1.807, 2.05) is 42.0 Å². The van der Waals surface area contributed by atoms with Crippen molar-refractivity contribution in [2.75, 3.05) is 11.9 Å². The standard InChI is InChI=1S/C21H21N3O3/c1-2-27-19-9-3-16(4-10-19)20(25)11-12-21(26)23-17-5-7-18(8-6-17)24-14-13-22-15-24/h3-10,13-15H,2,11-12H2,1H3,(H,23,26). The van der Waals surface area contributed by atoms with E-state index in [4.69, 9.17) is 4.74 Å².